The minimum absolute atomic E-state index is 0.0285. The van der Waals surface area contributed by atoms with Crippen molar-refractivity contribution < 1.29 is 9.72 Å². The molecule has 0 unspecified atom stereocenters. The molecule has 7 heteroatoms. The van der Waals surface area contributed by atoms with Gasteiger partial charge in [0.25, 0.3) is 5.69 Å². The molecule has 7 nitrogen and oxygen atoms in total. The number of benzene rings is 1. The number of nitrogens with zero attached hydrogens (tertiary/aromatic N) is 2. The number of rotatable bonds is 4. The number of hydrogen-bond acceptors (Lipinski definition) is 5. The molecule has 1 fully saturated rings. The summed E-state index contributed by atoms with van der Waals surface area (Å²) in [5.41, 5.74) is 1.09. The van der Waals surface area contributed by atoms with Gasteiger partial charge in [-0.1, -0.05) is 6.92 Å². The van der Waals surface area contributed by atoms with Crippen LogP contribution in [-0.2, 0) is 4.79 Å². The zero-order valence-electron chi connectivity index (χ0n) is 11.4. The maximum Gasteiger partial charge on any atom is 0.294 e. The summed E-state index contributed by atoms with van der Waals surface area (Å²) in [4.78, 5) is 24.2. The highest BCUT2D eigenvalue weighted by Gasteiger charge is 2.21. The molecule has 1 aliphatic rings. The summed E-state index contributed by atoms with van der Waals surface area (Å²) in [6.07, 6.45) is 0.341. The summed E-state index contributed by atoms with van der Waals surface area (Å²) in [6, 6.07) is 4.83. The number of nitro benzene ring substituents is 1. The van der Waals surface area contributed by atoms with Crippen LogP contribution in [0.5, 0.6) is 0 Å². The Balaban J connectivity index is 2.27. The van der Waals surface area contributed by atoms with Crippen LogP contribution in [0, 0.1) is 10.1 Å². The lowest BCUT2D eigenvalue weighted by Gasteiger charge is -2.29. The zero-order chi connectivity index (χ0) is 14.5. The molecule has 20 heavy (non-hydrogen) atoms. The molecule has 1 aromatic rings. The molecule has 1 aromatic carbocycles. The van der Waals surface area contributed by atoms with Gasteiger partial charge in [-0.2, -0.15) is 0 Å². The average molecular weight is 278 g/mol. The smallest absolute Gasteiger partial charge is 0.294 e. The monoisotopic (exact) mass is 278 g/mol. The number of hydrogen-bond donors (Lipinski definition) is 2. The predicted molar refractivity (Wildman–Crippen MR) is 77.1 cm³/mol. The van der Waals surface area contributed by atoms with E-state index in [1.807, 2.05) is 4.90 Å². The number of nitrogens with one attached hydrogen (secondary N) is 2. The number of anilines is 2. The van der Waals surface area contributed by atoms with Gasteiger partial charge in [-0.3, -0.25) is 14.9 Å². The lowest BCUT2D eigenvalue weighted by Crippen LogP contribution is -2.43. The third-order valence-electron chi connectivity index (χ3n) is 3.23. The maximum atomic E-state index is 11.3. The molecule has 2 N–H and O–H groups in total. The maximum absolute atomic E-state index is 11.3. The van der Waals surface area contributed by atoms with E-state index in [4.69, 9.17) is 0 Å². The van der Waals surface area contributed by atoms with Crippen molar-refractivity contribution in [2.24, 2.45) is 0 Å². The van der Waals surface area contributed by atoms with Crippen molar-refractivity contribution in [1.29, 1.82) is 0 Å². The standard InChI is InChI=1S/C13H18N4O3/c1-2-13(18)15-10-3-4-11(12(9-10)17(19)20)16-7-5-14-6-8-16/h3-4,9,14H,2,5-8H2,1H3,(H,15,18). The molecule has 108 valence electrons. The van der Waals surface area contributed by atoms with Crippen LogP contribution in [0.15, 0.2) is 18.2 Å². The third-order valence-corrected chi connectivity index (χ3v) is 3.23. The van der Waals surface area contributed by atoms with E-state index in [2.05, 4.69) is 10.6 Å². The van der Waals surface area contributed by atoms with Gasteiger partial charge in [-0.25, -0.2) is 0 Å². The average Bonchev–Trinajstić information content (AvgIpc) is 2.48. The van der Waals surface area contributed by atoms with Gasteiger partial charge < -0.3 is 15.5 Å². The summed E-state index contributed by atoms with van der Waals surface area (Å²) < 4.78 is 0. The van der Waals surface area contributed by atoms with E-state index in [-0.39, 0.29) is 11.6 Å². The molecule has 0 saturated carbocycles. The normalized spacial score (nSPS) is 14.9. The summed E-state index contributed by atoms with van der Waals surface area (Å²) in [7, 11) is 0. The minimum Gasteiger partial charge on any atom is -0.363 e. The molecule has 0 radical (unpaired) electrons. The number of nitro groups is 1. The fourth-order valence-electron chi connectivity index (χ4n) is 2.17. The molecule has 1 saturated heterocycles. The number of carbonyl (C=O) groups is 1. The van der Waals surface area contributed by atoms with Crippen LogP contribution >= 0.6 is 0 Å². The molecular weight excluding hydrogens is 260 g/mol. The predicted octanol–water partition coefficient (Wildman–Crippen LogP) is 1.35. The Morgan fingerprint density at radius 2 is 2.15 bits per heavy atom. The van der Waals surface area contributed by atoms with E-state index in [0.717, 1.165) is 26.2 Å². The lowest BCUT2D eigenvalue weighted by atomic mass is 10.2. The Morgan fingerprint density at radius 3 is 2.75 bits per heavy atom. The minimum atomic E-state index is -0.404. The molecule has 0 aromatic heterocycles. The van der Waals surface area contributed by atoms with Gasteiger partial charge in [-0.05, 0) is 12.1 Å². The summed E-state index contributed by atoms with van der Waals surface area (Å²) >= 11 is 0. The summed E-state index contributed by atoms with van der Waals surface area (Å²) in [5.74, 6) is -0.158. The Bertz CT molecular complexity index is 512. The van der Waals surface area contributed by atoms with E-state index in [1.54, 1.807) is 19.1 Å². The van der Waals surface area contributed by atoms with Gasteiger partial charge in [0.2, 0.25) is 5.91 Å². The van der Waals surface area contributed by atoms with Crippen LogP contribution in [0.3, 0.4) is 0 Å². The molecule has 2 rings (SSSR count). The quantitative estimate of drug-likeness (QED) is 0.641. The second-order valence-corrected chi connectivity index (χ2v) is 4.60. The second kappa shape index (κ2) is 6.33. The zero-order valence-corrected chi connectivity index (χ0v) is 11.4. The largest absolute Gasteiger partial charge is 0.363 e. The van der Waals surface area contributed by atoms with E-state index < -0.39 is 4.92 Å². The van der Waals surface area contributed by atoms with Crippen LogP contribution in [-0.4, -0.2) is 37.0 Å². The van der Waals surface area contributed by atoms with Gasteiger partial charge in [0.1, 0.15) is 5.69 Å². The first kappa shape index (κ1) is 14.3. The van der Waals surface area contributed by atoms with Crippen molar-refractivity contribution in [2.75, 3.05) is 36.4 Å². The van der Waals surface area contributed by atoms with E-state index >= 15 is 0 Å². The van der Waals surface area contributed by atoms with Gasteiger partial charge in [-0.15, -0.1) is 0 Å². The van der Waals surface area contributed by atoms with Gasteiger partial charge >= 0.3 is 0 Å². The van der Waals surface area contributed by atoms with E-state index in [1.165, 1.54) is 6.07 Å². The van der Waals surface area contributed by atoms with Crippen LogP contribution in [0.1, 0.15) is 13.3 Å². The first-order chi connectivity index (χ1) is 9.61. The van der Waals surface area contributed by atoms with Crippen LogP contribution < -0.4 is 15.5 Å². The van der Waals surface area contributed by atoms with Gasteiger partial charge in [0, 0.05) is 44.4 Å². The van der Waals surface area contributed by atoms with Gasteiger partial charge in [0.15, 0.2) is 0 Å². The van der Waals surface area contributed by atoms with Crippen molar-refractivity contribution >= 4 is 23.0 Å². The van der Waals surface area contributed by atoms with Crippen molar-refractivity contribution in [3.05, 3.63) is 28.3 Å². The summed E-state index contributed by atoms with van der Waals surface area (Å²) in [6.45, 7) is 4.83. The molecule has 1 aliphatic heterocycles. The van der Waals surface area contributed by atoms with Crippen molar-refractivity contribution in [3.63, 3.8) is 0 Å². The first-order valence-corrected chi connectivity index (χ1v) is 6.65. The molecular formula is C13H18N4O3. The van der Waals surface area contributed by atoms with Crippen LogP contribution in [0.2, 0.25) is 0 Å². The lowest BCUT2D eigenvalue weighted by molar-refractivity contribution is -0.384. The van der Waals surface area contributed by atoms with E-state index in [0.29, 0.717) is 17.8 Å². The molecule has 0 aliphatic carbocycles. The molecule has 1 amide bonds. The third kappa shape index (κ3) is 3.24. The number of piperazine rings is 1. The molecule has 1 heterocycles. The highest BCUT2D eigenvalue weighted by Crippen LogP contribution is 2.31. The Morgan fingerprint density at radius 1 is 1.45 bits per heavy atom. The fraction of sp³-hybridized carbons (Fsp3) is 0.462. The Labute approximate surface area is 117 Å². The fourth-order valence-corrected chi connectivity index (χ4v) is 2.17. The van der Waals surface area contributed by atoms with Crippen molar-refractivity contribution in [2.45, 2.75) is 13.3 Å². The van der Waals surface area contributed by atoms with E-state index in [9.17, 15) is 14.9 Å². The highest BCUT2D eigenvalue weighted by molar-refractivity contribution is 5.91. The summed E-state index contributed by atoms with van der Waals surface area (Å²) in [5, 5.41) is 17.1. The highest BCUT2D eigenvalue weighted by atomic mass is 16.6. The van der Waals surface area contributed by atoms with Crippen molar-refractivity contribution in [3.8, 4) is 0 Å². The van der Waals surface area contributed by atoms with Crippen molar-refractivity contribution in [1.82, 2.24) is 5.32 Å². The first-order valence-electron chi connectivity index (χ1n) is 6.65. The SMILES string of the molecule is CCC(=O)Nc1ccc(N2CCNCC2)c([N+](=O)[O-])c1. The molecule has 0 bridgehead atoms. The molecule has 0 atom stereocenters. The second-order valence-electron chi connectivity index (χ2n) is 4.60. The Hall–Kier alpha value is -2.15. The Kier molecular flexibility index (Phi) is 4.52. The topological polar surface area (TPSA) is 87.5 Å². The number of carbonyl (C=O) groups excluding carboxylic acids is 1. The van der Waals surface area contributed by atoms with Crippen LogP contribution in [0.4, 0.5) is 17.1 Å². The van der Waals surface area contributed by atoms with Crippen LogP contribution in [0.25, 0.3) is 0 Å². The van der Waals surface area contributed by atoms with Gasteiger partial charge in [0.05, 0.1) is 4.92 Å². The molecule has 0 spiro atoms. The number of amides is 1.